The Balaban J connectivity index is 1.80. The van der Waals surface area contributed by atoms with Gasteiger partial charge >= 0.3 is 11.9 Å². The molecule has 3 rings (SSSR count). The Labute approximate surface area is 238 Å². The molecule has 0 radical (unpaired) electrons. The van der Waals surface area contributed by atoms with Gasteiger partial charge in [-0.15, -0.1) is 0 Å². The summed E-state index contributed by atoms with van der Waals surface area (Å²) in [6.45, 7) is 15.9. The van der Waals surface area contributed by atoms with E-state index < -0.39 is 41.6 Å². The first-order valence-electron chi connectivity index (χ1n) is 14.0. The van der Waals surface area contributed by atoms with Gasteiger partial charge in [0.2, 0.25) is 0 Å². The van der Waals surface area contributed by atoms with Crippen molar-refractivity contribution in [2.24, 2.45) is 5.92 Å². The molecule has 1 heterocycles. The molecule has 0 aromatic heterocycles. The lowest BCUT2D eigenvalue weighted by Crippen LogP contribution is -2.64. The average molecular weight is 582 g/mol. The van der Waals surface area contributed by atoms with Gasteiger partial charge in [0.05, 0.1) is 19.1 Å². The van der Waals surface area contributed by atoms with Gasteiger partial charge in [0, 0.05) is 33.0 Å². The van der Waals surface area contributed by atoms with E-state index in [2.05, 4.69) is 19.6 Å². The Morgan fingerprint density at radius 2 is 1.74 bits per heavy atom. The van der Waals surface area contributed by atoms with Gasteiger partial charge in [-0.05, 0) is 69.5 Å². The van der Waals surface area contributed by atoms with Crippen molar-refractivity contribution in [3.63, 3.8) is 0 Å². The van der Waals surface area contributed by atoms with E-state index in [-0.39, 0.29) is 24.7 Å². The second-order valence-corrected chi connectivity index (χ2v) is 21.0. The Morgan fingerprint density at radius 1 is 1.15 bits per heavy atom. The third-order valence-electron chi connectivity index (χ3n) is 7.68. The molecule has 1 saturated carbocycles. The van der Waals surface area contributed by atoms with E-state index >= 15 is 0 Å². The van der Waals surface area contributed by atoms with E-state index in [4.69, 9.17) is 14.2 Å². The lowest BCUT2D eigenvalue weighted by atomic mass is 9.75. The largest absolute Gasteiger partial charge is 0.597 e. The first-order chi connectivity index (χ1) is 18.1. The first kappa shape index (κ1) is 32.1. The average Bonchev–Trinajstić information content (AvgIpc) is 2.79. The number of carboxylic acids is 1. The molecule has 10 heteroatoms. The summed E-state index contributed by atoms with van der Waals surface area (Å²) in [5.74, 6) is -1.78. The van der Waals surface area contributed by atoms with Crippen molar-refractivity contribution in [3.05, 3.63) is 35.4 Å². The molecular formula is C29H47NO7SSi. The molecule has 1 aromatic carbocycles. The van der Waals surface area contributed by atoms with Crippen LogP contribution in [0.3, 0.4) is 0 Å². The number of hydrogen-bond donors (Lipinski definition) is 1. The molecule has 0 amide bonds. The normalized spacial score (nSPS) is 23.1. The highest BCUT2D eigenvalue weighted by molar-refractivity contribution is 7.90. The van der Waals surface area contributed by atoms with Gasteiger partial charge in [0.25, 0.3) is 0 Å². The van der Waals surface area contributed by atoms with Gasteiger partial charge in [-0.25, -0.2) is 0 Å². The monoisotopic (exact) mass is 581 g/mol. The van der Waals surface area contributed by atoms with Crippen LogP contribution >= 0.6 is 0 Å². The second kappa shape index (κ2) is 13.0. The quantitative estimate of drug-likeness (QED) is 0.117. The van der Waals surface area contributed by atoms with Crippen molar-refractivity contribution >= 4 is 31.4 Å². The molecule has 2 atom stereocenters. The van der Waals surface area contributed by atoms with Crippen molar-refractivity contribution in [2.45, 2.75) is 101 Å². The minimum Gasteiger partial charge on any atom is -0.597 e. The molecule has 2 unspecified atom stereocenters. The van der Waals surface area contributed by atoms with Gasteiger partial charge in [-0.1, -0.05) is 48.2 Å². The fraction of sp³-hybridized carbons (Fsp3) is 0.724. The standard InChI is InChI=1S/C29H47NO7SSi/c1-21(31)37-25-14-10-23(11-15-25)26(27(32)33)22-8-12-24(13-9-22)29(18-36-19-29)30(38(34)28(2,3)4)20-35-16-17-39(5,6)7/h8-9,12-13,23,25-26H,10-11,14-20H2,1-7H3,(H,32,33). The Morgan fingerprint density at radius 3 is 2.18 bits per heavy atom. The molecule has 1 aliphatic carbocycles. The third-order valence-corrected chi connectivity index (χ3v) is 11.3. The summed E-state index contributed by atoms with van der Waals surface area (Å²) in [7, 11) is -1.26. The highest BCUT2D eigenvalue weighted by atomic mass is 32.2. The van der Waals surface area contributed by atoms with Crippen molar-refractivity contribution in [1.82, 2.24) is 4.31 Å². The number of ether oxygens (including phenoxy) is 3. The molecule has 8 nitrogen and oxygen atoms in total. The summed E-state index contributed by atoms with van der Waals surface area (Å²) >= 11 is -1.34. The molecule has 1 aromatic rings. The number of carbonyl (C=O) groups is 2. The maximum absolute atomic E-state index is 13.7. The second-order valence-electron chi connectivity index (χ2n) is 13.2. The third kappa shape index (κ3) is 8.30. The Hall–Kier alpha value is -1.43. The highest BCUT2D eigenvalue weighted by Crippen LogP contribution is 2.42. The zero-order chi connectivity index (χ0) is 29.0. The number of carboxylic acid groups (broad SMARTS) is 1. The van der Waals surface area contributed by atoms with E-state index in [9.17, 15) is 19.2 Å². The lowest BCUT2D eigenvalue weighted by Gasteiger charge is -2.50. The Kier molecular flexibility index (Phi) is 10.7. The van der Waals surface area contributed by atoms with Crippen LogP contribution in [0, 0.1) is 5.92 Å². The molecule has 2 fully saturated rings. The molecule has 1 saturated heterocycles. The highest BCUT2D eigenvalue weighted by Gasteiger charge is 2.54. The van der Waals surface area contributed by atoms with Gasteiger partial charge < -0.3 is 23.9 Å². The van der Waals surface area contributed by atoms with Crippen LogP contribution < -0.4 is 0 Å². The van der Waals surface area contributed by atoms with Crippen molar-refractivity contribution in [2.75, 3.05) is 26.6 Å². The van der Waals surface area contributed by atoms with Crippen LogP contribution in [-0.4, -0.2) is 71.4 Å². The fourth-order valence-electron chi connectivity index (χ4n) is 5.33. The van der Waals surface area contributed by atoms with Crippen LogP contribution in [0.15, 0.2) is 24.3 Å². The number of esters is 1. The summed E-state index contributed by atoms with van der Waals surface area (Å²) in [5, 5.41) is 10.1. The maximum atomic E-state index is 13.7. The lowest BCUT2D eigenvalue weighted by molar-refractivity contribution is -0.149. The number of rotatable bonds is 12. The number of hydrogen-bond acceptors (Lipinski definition) is 7. The number of benzene rings is 1. The van der Waals surface area contributed by atoms with Crippen molar-refractivity contribution in [1.29, 1.82) is 0 Å². The summed E-state index contributed by atoms with van der Waals surface area (Å²) in [6.07, 6.45) is 2.62. The summed E-state index contributed by atoms with van der Waals surface area (Å²) in [5.41, 5.74) is 1.11. The summed E-state index contributed by atoms with van der Waals surface area (Å²) in [4.78, 5) is 23.7. The van der Waals surface area contributed by atoms with E-state index in [1.165, 1.54) is 6.92 Å². The SMILES string of the molecule is CC(=O)OC1CCC(C(C(=O)O)c2ccc(C3(N(COCC[Si](C)(C)C)[S+]([O-])C(C)(C)C)COC3)cc2)CC1. The zero-order valence-corrected chi connectivity index (χ0v) is 26.5. The minimum atomic E-state index is -1.34. The van der Waals surface area contributed by atoms with Crippen LogP contribution in [0.2, 0.25) is 25.7 Å². The van der Waals surface area contributed by atoms with Gasteiger partial charge in [-0.3, -0.25) is 9.59 Å². The first-order valence-corrected chi connectivity index (χ1v) is 18.8. The molecule has 0 bridgehead atoms. The molecule has 39 heavy (non-hydrogen) atoms. The van der Waals surface area contributed by atoms with Crippen LogP contribution in [-0.2, 0) is 40.7 Å². The van der Waals surface area contributed by atoms with Gasteiger partial charge in [0.1, 0.15) is 23.1 Å². The minimum absolute atomic E-state index is 0.0224. The molecule has 220 valence electrons. The molecule has 2 aliphatic rings. The number of nitrogens with zero attached hydrogens (tertiary/aromatic N) is 1. The molecule has 0 spiro atoms. The molecular weight excluding hydrogens is 534 g/mol. The van der Waals surface area contributed by atoms with Crippen LogP contribution in [0.1, 0.15) is 70.4 Å². The summed E-state index contributed by atoms with van der Waals surface area (Å²) < 4.78 is 32.3. The maximum Gasteiger partial charge on any atom is 0.311 e. The van der Waals surface area contributed by atoms with Crippen LogP contribution in [0.25, 0.3) is 0 Å². The fourth-order valence-corrected chi connectivity index (χ4v) is 7.44. The zero-order valence-electron chi connectivity index (χ0n) is 24.7. The van der Waals surface area contributed by atoms with Crippen molar-refractivity contribution in [3.8, 4) is 0 Å². The molecule has 1 N–H and O–H groups in total. The smallest absolute Gasteiger partial charge is 0.311 e. The van der Waals surface area contributed by atoms with E-state index in [0.717, 1.165) is 17.2 Å². The van der Waals surface area contributed by atoms with Gasteiger partial charge in [0.15, 0.2) is 0 Å². The summed E-state index contributed by atoms with van der Waals surface area (Å²) in [6, 6.07) is 8.76. The number of carbonyl (C=O) groups excluding carboxylic acids is 1. The number of aliphatic carboxylic acids is 1. The topological polar surface area (TPSA) is 108 Å². The Bertz CT molecular complexity index is 963. The predicted molar refractivity (Wildman–Crippen MR) is 156 cm³/mol. The van der Waals surface area contributed by atoms with E-state index in [0.29, 0.717) is 45.5 Å². The van der Waals surface area contributed by atoms with Crippen molar-refractivity contribution < 1.29 is 33.5 Å². The van der Waals surface area contributed by atoms with E-state index in [1.54, 1.807) is 0 Å². The van der Waals surface area contributed by atoms with Crippen LogP contribution in [0.5, 0.6) is 0 Å². The van der Waals surface area contributed by atoms with Gasteiger partial charge in [-0.2, -0.15) is 0 Å². The molecule has 1 aliphatic heterocycles. The van der Waals surface area contributed by atoms with E-state index in [1.807, 2.05) is 49.3 Å². The predicted octanol–water partition coefficient (Wildman–Crippen LogP) is 5.28. The van der Waals surface area contributed by atoms with Crippen LogP contribution in [0.4, 0.5) is 0 Å².